The zero-order chi connectivity index (χ0) is 13.2. The molecule has 1 aliphatic rings. The summed E-state index contributed by atoms with van der Waals surface area (Å²) in [6.07, 6.45) is 4.64. The first-order valence-electron chi connectivity index (χ1n) is 6.33. The Hall–Kier alpha value is -2.23. The fraction of sp³-hybridized carbons (Fsp3) is 0.267. The number of carbonyl (C=O) groups excluding carboxylic acids is 1. The Kier molecular flexibility index (Phi) is 2.99. The molecule has 0 spiro atoms. The highest BCUT2D eigenvalue weighted by Gasteiger charge is 2.21. The average molecular weight is 257 g/mol. The highest BCUT2D eigenvalue weighted by atomic mass is 16.5. The van der Waals surface area contributed by atoms with Gasteiger partial charge in [-0.3, -0.25) is 4.79 Å². The number of methoxy groups -OCH3 is 1. The number of hydrogen-bond donors (Lipinski definition) is 1. The van der Waals surface area contributed by atoms with Gasteiger partial charge in [0.05, 0.1) is 19.1 Å². The minimum absolute atomic E-state index is 0.247. The molecule has 98 valence electrons. The molecule has 1 heterocycles. The first-order valence-corrected chi connectivity index (χ1v) is 6.33. The molecule has 4 heteroatoms. The van der Waals surface area contributed by atoms with Crippen molar-refractivity contribution in [2.45, 2.75) is 19.3 Å². The van der Waals surface area contributed by atoms with Gasteiger partial charge in [-0.25, -0.2) is 0 Å². The van der Waals surface area contributed by atoms with Crippen molar-refractivity contribution in [2.24, 2.45) is 0 Å². The SMILES string of the molecule is COc1ccc2c(c1NC(=O)c1ccco1)CCC2. The summed E-state index contributed by atoms with van der Waals surface area (Å²) in [6.45, 7) is 0. The number of fused-ring (bicyclic) bond motifs is 1. The first-order chi connectivity index (χ1) is 9.29. The number of furan rings is 1. The molecule has 1 N–H and O–H groups in total. The molecular weight excluding hydrogens is 242 g/mol. The number of aryl methyl sites for hydroxylation is 1. The third-order valence-corrected chi connectivity index (χ3v) is 3.45. The summed E-state index contributed by atoms with van der Waals surface area (Å²) >= 11 is 0. The number of benzene rings is 1. The fourth-order valence-electron chi connectivity index (χ4n) is 2.53. The lowest BCUT2D eigenvalue weighted by atomic mass is 10.1. The predicted octanol–water partition coefficient (Wildman–Crippen LogP) is 3.03. The summed E-state index contributed by atoms with van der Waals surface area (Å²) in [5.74, 6) is 0.752. The lowest BCUT2D eigenvalue weighted by molar-refractivity contribution is 0.0996. The van der Waals surface area contributed by atoms with Gasteiger partial charge in [0.15, 0.2) is 5.76 Å². The summed E-state index contributed by atoms with van der Waals surface area (Å²) < 4.78 is 10.5. The normalized spacial score (nSPS) is 13.1. The number of amides is 1. The Bertz CT molecular complexity index is 602. The summed E-state index contributed by atoms with van der Waals surface area (Å²) in [6, 6.07) is 7.32. The Morgan fingerprint density at radius 1 is 1.32 bits per heavy atom. The third kappa shape index (κ3) is 2.10. The molecule has 0 unspecified atom stereocenters. The maximum atomic E-state index is 12.1. The van der Waals surface area contributed by atoms with Crippen LogP contribution < -0.4 is 10.1 Å². The number of rotatable bonds is 3. The first kappa shape index (κ1) is 11.8. The lowest BCUT2D eigenvalue weighted by Crippen LogP contribution is -2.13. The second-order valence-corrected chi connectivity index (χ2v) is 4.57. The van der Waals surface area contributed by atoms with Gasteiger partial charge >= 0.3 is 0 Å². The molecule has 0 saturated carbocycles. The molecular formula is C15H15NO3. The number of ether oxygens (including phenoxy) is 1. The molecule has 3 rings (SSSR count). The smallest absolute Gasteiger partial charge is 0.291 e. The average Bonchev–Trinajstić information content (AvgIpc) is 3.10. The molecule has 1 amide bonds. The van der Waals surface area contributed by atoms with Gasteiger partial charge in [-0.1, -0.05) is 6.07 Å². The van der Waals surface area contributed by atoms with Gasteiger partial charge in [0.25, 0.3) is 5.91 Å². The van der Waals surface area contributed by atoms with Crippen molar-refractivity contribution < 1.29 is 13.9 Å². The Morgan fingerprint density at radius 2 is 2.21 bits per heavy atom. The van der Waals surface area contributed by atoms with Crippen molar-refractivity contribution in [1.82, 2.24) is 0 Å². The van der Waals surface area contributed by atoms with E-state index in [1.807, 2.05) is 6.07 Å². The zero-order valence-corrected chi connectivity index (χ0v) is 10.7. The Labute approximate surface area is 111 Å². The molecule has 1 aliphatic carbocycles. The van der Waals surface area contributed by atoms with Gasteiger partial charge in [-0.15, -0.1) is 0 Å². The van der Waals surface area contributed by atoms with Crippen LogP contribution in [0.15, 0.2) is 34.9 Å². The standard InChI is InChI=1S/C15H15NO3/c1-18-12-8-7-10-4-2-5-11(10)14(12)16-15(17)13-6-3-9-19-13/h3,6-9H,2,4-5H2,1H3,(H,16,17). The molecule has 4 nitrogen and oxygen atoms in total. The monoisotopic (exact) mass is 257 g/mol. The maximum absolute atomic E-state index is 12.1. The van der Waals surface area contributed by atoms with E-state index < -0.39 is 0 Å². The highest BCUT2D eigenvalue weighted by Crippen LogP contribution is 2.36. The van der Waals surface area contributed by atoms with E-state index in [0.29, 0.717) is 11.5 Å². The predicted molar refractivity (Wildman–Crippen MR) is 71.7 cm³/mol. The van der Waals surface area contributed by atoms with Crippen LogP contribution in [-0.4, -0.2) is 13.0 Å². The molecule has 19 heavy (non-hydrogen) atoms. The number of anilines is 1. The van der Waals surface area contributed by atoms with Crippen molar-refractivity contribution in [1.29, 1.82) is 0 Å². The van der Waals surface area contributed by atoms with Crippen LogP contribution in [-0.2, 0) is 12.8 Å². The fourth-order valence-corrected chi connectivity index (χ4v) is 2.53. The van der Waals surface area contributed by atoms with Gasteiger partial charge in [0, 0.05) is 0 Å². The van der Waals surface area contributed by atoms with Crippen LogP contribution in [0, 0.1) is 0 Å². The van der Waals surface area contributed by atoms with Crippen molar-refractivity contribution in [3.05, 3.63) is 47.4 Å². The van der Waals surface area contributed by atoms with Crippen LogP contribution in [0.3, 0.4) is 0 Å². The van der Waals surface area contributed by atoms with Crippen molar-refractivity contribution in [3.63, 3.8) is 0 Å². The van der Waals surface area contributed by atoms with Gasteiger partial charge in [-0.05, 0) is 48.6 Å². The van der Waals surface area contributed by atoms with E-state index in [1.165, 1.54) is 17.4 Å². The maximum Gasteiger partial charge on any atom is 0.291 e. The van der Waals surface area contributed by atoms with Crippen LogP contribution in [0.1, 0.15) is 28.1 Å². The summed E-state index contributed by atoms with van der Waals surface area (Å²) in [5, 5.41) is 2.91. The topological polar surface area (TPSA) is 51.5 Å². The van der Waals surface area contributed by atoms with Crippen LogP contribution in [0.5, 0.6) is 5.75 Å². The quantitative estimate of drug-likeness (QED) is 0.919. The number of nitrogens with one attached hydrogen (secondary N) is 1. The van der Waals surface area contributed by atoms with E-state index in [2.05, 4.69) is 11.4 Å². The summed E-state index contributed by atoms with van der Waals surface area (Å²) in [7, 11) is 1.61. The van der Waals surface area contributed by atoms with Crippen molar-refractivity contribution in [2.75, 3.05) is 12.4 Å². The second-order valence-electron chi connectivity index (χ2n) is 4.57. The molecule has 0 atom stereocenters. The minimum Gasteiger partial charge on any atom is -0.495 e. The van der Waals surface area contributed by atoms with Gasteiger partial charge in [-0.2, -0.15) is 0 Å². The second kappa shape index (κ2) is 4.80. The van der Waals surface area contributed by atoms with Crippen LogP contribution >= 0.6 is 0 Å². The van der Waals surface area contributed by atoms with E-state index in [0.717, 1.165) is 24.9 Å². The highest BCUT2D eigenvalue weighted by molar-refractivity contribution is 6.03. The Morgan fingerprint density at radius 3 is 2.95 bits per heavy atom. The largest absolute Gasteiger partial charge is 0.495 e. The van der Waals surface area contributed by atoms with Crippen LogP contribution in [0.4, 0.5) is 5.69 Å². The molecule has 1 aromatic heterocycles. The lowest BCUT2D eigenvalue weighted by Gasteiger charge is -2.14. The van der Waals surface area contributed by atoms with E-state index >= 15 is 0 Å². The Balaban J connectivity index is 1.96. The van der Waals surface area contributed by atoms with Gasteiger partial charge in [0.2, 0.25) is 0 Å². The molecule has 0 bridgehead atoms. The molecule has 0 saturated heterocycles. The molecule has 0 radical (unpaired) electrons. The molecule has 0 aliphatic heterocycles. The summed E-state index contributed by atoms with van der Waals surface area (Å²) in [4.78, 5) is 12.1. The minimum atomic E-state index is -0.247. The third-order valence-electron chi connectivity index (χ3n) is 3.45. The van der Waals surface area contributed by atoms with E-state index in [4.69, 9.17) is 9.15 Å². The van der Waals surface area contributed by atoms with Crippen molar-refractivity contribution in [3.8, 4) is 5.75 Å². The van der Waals surface area contributed by atoms with E-state index in [1.54, 1.807) is 19.2 Å². The van der Waals surface area contributed by atoms with E-state index in [9.17, 15) is 4.79 Å². The van der Waals surface area contributed by atoms with E-state index in [-0.39, 0.29) is 5.91 Å². The zero-order valence-electron chi connectivity index (χ0n) is 10.7. The summed E-state index contributed by atoms with van der Waals surface area (Å²) in [5.41, 5.74) is 3.24. The van der Waals surface area contributed by atoms with Crippen molar-refractivity contribution >= 4 is 11.6 Å². The number of hydrogen-bond acceptors (Lipinski definition) is 3. The van der Waals surface area contributed by atoms with Gasteiger partial charge < -0.3 is 14.5 Å². The van der Waals surface area contributed by atoms with Crippen LogP contribution in [0.2, 0.25) is 0 Å². The number of carbonyl (C=O) groups is 1. The van der Waals surface area contributed by atoms with Crippen LogP contribution in [0.25, 0.3) is 0 Å². The molecule has 0 fully saturated rings. The molecule has 2 aromatic rings. The van der Waals surface area contributed by atoms with Gasteiger partial charge in [0.1, 0.15) is 5.75 Å². The molecule has 1 aromatic carbocycles.